The number of primary amides is 1. The molecule has 2 N–H and O–H groups in total. The summed E-state index contributed by atoms with van der Waals surface area (Å²) >= 11 is 4.37. The molecule has 1 amide bonds. The Morgan fingerprint density at radius 2 is 2.17 bits per heavy atom. The van der Waals surface area contributed by atoms with Crippen molar-refractivity contribution in [1.82, 2.24) is 4.31 Å². The first-order chi connectivity index (χ1) is 8.43. The first-order valence-electron chi connectivity index (χ1n) is 5.49. The highest BCUT2D eigenvalue weighted by Gasteiger charge is 2.37. The zero-order valence-electron chi connectivity index (χ0n) is 9.50. The number of nitrogens with two attached hydrogens (primary N) is 1. The van der Waals surface area contributed by atoms with Gasteiger partial charge in [0.25, 0.3) is 10.0 Å². The molecule has 8 heteroatoms. The molecule has 1 saturated heterocycles. The zero-order chi connectivity index (χ0) is 13.3. The standard InChI is InChI=1S/C10H13BrN2O3S2/c11-8-4-5-9(17-8)18(15,16)13-6-2-1-3-7(13)10(12)14/h4-5,7H,1-3,6H2,(H2,12,14)/t7-/m1/s1. The molecule has 1 fully saturated rings. The van der Waals surface area contributed by atoms with Crippen molar-refractivity contribution in [2.24, 2.45) is 5.73 Å². The zero-order valence-corrected chi connectivity index (χ0v) is 12.7. The molecule has 0 unspecified atom stereocenters. The van der Waals surface area contributed by atoms with Crippen LogP contribution in [0.1, 0.15) is 19.3 Å². The summed E-state index contributed by atoms with van der Waals surface area (Å²) in [4.78, 5) is 11.4. The third-order valence-electron chi connectivity index (χ3n) is 2.89. The summed E-state index contributed by atoms with van der Waals surface area (Å²) in [6, 6.07) is 2.50. The number of carbonyl (C=O) groups excluding carboxylic acids is 1. The maximum Gasteiger partial charge on any atom is 0.253 e. The summed E-state index contributed by atoms with van der Waals surface area (Å²) in [6.07, 6.45) is 2.09. The van der Waals surface area contributed by atoms with E-state index in [0.29, 0.717) is 13.0 Å². The molecule has 0 aliphatic carbocycles. The van der Waals surface area contributed by atoms with E-state index in [2.05, 4.69) is 15.9 Å². The minimum Gasteiger partial charge on any atom is -0.368 e. The van der Waals surface area contributed by atoms with E-state index in [1.54, 1.807) is 6.07 Å². The number of hydrogen-bond donors (Lipinski definition) is 1. The maximum absolute atomic E-state index is 12.4. The SMILES string of the molecule is NC(=O)[C@H]1CCCCN1S(=O)(=O)c1ccc(Br)s1. The van der Waals surface area contributed by atoms with Crippen molar-refractivity contribution in [1.29, 1.82) is 0 Å². The van der Waals surface area contributed by atoms with Crippen LogP contribution in [0.5, 0.6) is 0 Å². The lowest BCUT2D eigenvalue weighted by Crippen LogP contribution is -2.50. The Hall–Kier alpha value is -0.440. The van der Waals surface area contributed by atoms with Gasteiger partial charge in [-0.25, -0.2) is 8.42 Å². The lowest BCUT2D eigenvalue weighted by atomic mass is 10.0. The Morgan fingerprint density at radius 1 is 1.44 bits per heavy atom. The average Bonchev–Trinajstić information content (AvgIpc) is 2.76. The Labute approximate surface area is 118 Å². The highest BCUT2D eigenvalue weighted by molar-refractivity contribution is 9.11. The van der Waals surface area contributed by atoms with Crippen LogP contribution in [0.2, 0.25) is 0 Å². The predicted molar refractivity (Wildman–Crippen MR) is 72.7 cm³/mol. The molecule has 1 aliphatic rings. The lowest BCUT2D eigenvalue weighted by Gasteiger charge is -2.32. The molecular weight excluding hydrogens is 340 g/mol. The van der Waals surface area contributed by atoms with Crippen molar-refractivity contribution in [3.8, 4) is 0 Å². The van der Waals surface area contributed by atoms with Crippen LogP contribution < -0.4 is 5.73 Å². The second-order valence-electron chi connectivity index (χ2n) is 4.09. The summed E-state index contributed by atoms with van der Waals surface area (Å²) < 4.78 is 27.1. The number of nitrogens with zero attached hydrogens (tertiary/aromatic N) is 1. The quantitative estimate of drug-likeness (QED) is 0.895. The summed E-state index contributed by atoms with van der Waals surface area (Å²) in [5.74, 6) is -0.575. The summed E-state index contributed by atoms with van der Waals surface area (Å²) in [6.45, 7) is 0.353. The normalized spacial score (nSPS) is 21.9. The van der Waals surface area contributed by atoms with E-state index in [0.717, 1.165) is 28.0 Å². The van der Waals surface area contributed by atoms with Gasteiger partial charge in [0, 0.05) is 6.54 Å². The second-order valence-corrected chi connectivity index (χ2v) is 8.67. The molecular formula is C10H13BrN2O3S2. The Morgan fingerprint density at radius 3 is 2.72 bits per heavy atom. The van der Waals surface area contributed by atoms with Crippen molar-refractivity contribution in [3.05, 3.63) is 15.9 Å². The number of halogens is 1. The van der Waals surface area contributed by atoms with Crippen LogP contribution >= 0.6 is 27.3 Å². The lowest BCUT2D eigenvalue weighted by molar-refractivity contribution is -0.122. The molecule has 5 nitrogen and oxygen atoms in total. The molecule has 2 heterocycles. The first-order valence-corrected chi connectivity index (χ1v) is 8.54. The molecule has 1 aliphatic heterocycles. The Balaban J connectivity index is 2.36. The Bertz CT molecular complexity index is 555. The molecule has 100 valence electrons. The molecule has 0 spiro atoms. The van der Waals surface area contributed by atoms with Crippen molar-refractivity contribution in [3.63, 3.8) is 0 Å². The van der Waals surface area contributed by atoms with Gasteiger partial charge in [-0.05, 0) is 40.9 Å². The molecule has 1 aromatic heterocycles. The van der Waals surface area contributed by atoms with Crippen LogP contribution in [-0.2, 0) is 14.8 Å². The van der Waals surface area contributed by atoms with Gasteiger partial charge >= 0.3 is 0 Å². The molecule has 0 radical (unpaired) electrons. The fourth-order valence-electron chi connectivity index (χ4n) is 2.03. The van der Waals surface area contributed by atoms with E-state index in [-0.39, 0.29) is 4.21 Å². The van der Waals surface area contributed by atoms with E-state index in [1.807, 2.05) is 0 Å². The predicted octanol–water partition coefficient (Wildman–Crippen LogP) is 1.54. The summed E-state index contributed by atoms with van der Waals surface area (Å²) in [7, 11) is -3.61. The third kappa shape index (κ3) is 2.61. The topological polar surface area (TPSA) is 80.5 Å². The smallest absolute Gasteiger partial charge is 0.253 e. The number of thiophene rings is 1. The number of piperidine rings is 1. The van der Waals surface area contributed by atoms with E-state index >= 15 is 0 Å². The minimum atomic E-state index is -3.61. The molecule has 0 aromatic carbocycles. The Kier molecular flexibility index (Phi) is 4.10. The van der Waals surface area contributed by atoms with Gasteiger partial charge in [0.05, 0.1) is 3.79 Å². The van der Waals surface area contributed by atoms with Crippen molar-refractivity contribution in [2.45, 2.75) is 29.5 Å². The van der Waals surface area contributed by atoms with Crippen LogP contribution in [0.25, 0.3) is 0 Å². The van der Waals surface area contributed by atoms with Crippen molar-refractivity contribution < 1.29 is 13.2 Å². The van der Waals surface area contributed by atoms with Gasteiger partial charge in [0.1, 0.15) is 10.3 Å². The van der Waals surface area contributed by atoms with Gasteiger partial charge in [-0.3, -0.25) is 4.79 Å². The van der Waals surface area contributed by atoms with E-state index in [9.17, 15) is 13.2 Å². The van der Waals surface area contributed by atoms with Crippen molar-refractivity contribution in [2.75, 3.05) is 6.54 Å². The van der Waals surface area contributed by atoms with E-state index in [1.165, 1.54) is 10.4 Å². The third-order valence-corrected chi connectivity index (χ3v) is 6.89. The van der Waals surface area contributed by atoms with Crippen LogP contribution in [0.3, 0.4) is 0 Å². The molecule has 1 atom stereocenters. The number of carbonyl (C=O) groups is 1. The summed E-state index contributed by atoms with van der Waals surface area (Å²) in [5.41, 5.74) is 5.29. The van der Waals surface area contributed by atoms with Gasteiger partial charge in [-0.1, -0.05) is 6.42 Å². The average molecular weight is 353 g/mol. The fourth-order valence-corrected chi connectivity index (χ4v) is 5.83. The monoisotopic (exact) mass is 352 g/mol. The van der Waals surface area contributed by atoms with Gasteiger partial charge in [-0.2, -0.15) is 4.31 Å². The number of hydrogen-bond acceptors (Lipinski definition) is 4. The fraction of sp³-hybridized carbons (Fsp3) is 0.500. The van der Waals surface area contributed by atoms with Gasteiger partial charge in [0.2, 0.25) is 5.91 Å². The maximum atomic E-state index is 12.4. The number of sulfonamides is 1. The molecule has 0 saturated carbocycles. The van der Waals surface area contributed by atoms with Crippen LogP contribution in [-0.4, -0.2) is 31.2 Å². The number of rotatable bonds is 3. The van der Waals surface area contributed by atoms with Gasteiger partial charge in [0.15, 0.2) is 0 Å². The number of amides is 1. The highest BCUT2D eigenvalue weighted by Crippen LogP contribution is 2.31. The largest absolute Gasteiger partial charge is 0.368 e. The minimum absolute atomic E-state index is 0.238. The van der Waals surface area contributed by atoms with Crippen LogP contribution in [0.4, 0.5) is 0 Å². The van der Waals surface area contributed by atoms with Gasteiger partial charge in [-0.15, -0.1) is 11.3 Å². The van der Waals surface area contributed by atoms with Crippen LogP contribution in [0, 0.1) is 0 Å². The van der Waals surface area contributed by atoms with E-state index in [4.69, 9.17) is 5.73 Å². The van der Waals surface area contributed by atoms with Crippen LogP contribution in [0.15, 0.2) is 20.1 Å². The first kappa shape index (κ1) is 14.0. The second kappa shape index (κ2) is 5.28. The highest BCUT2D eigenvalue weighted by atomic mass is 79.9. The molecule has 2 rings (SSSR count). The van der Waals surface area contributed by atoms with Crippen molar-refractivity contribution >= 4 is 43.2 Å². The molecule has 18 heavy (non-hydrogen) atoms. The van der Waals surface area contributed by atoms with E-state index < -0.39 is 22.0 Å². The summed E-state index contributed by atoms with van der Waals surface area (Å²) in [5, 5.41) is 0. The van der Waals surface area contributed by atoms with Gasteiger partial charge < -0.3 is 5.73 Å². The molecule has 0 bridgehead atoms. The molecule has 1 aromatic rings.